The van der Waals surface area contributed by atoms with E-state index < -0.39 is 13.0 Å². The van der Waals surface area contributed by atoms with Gasteiger partial charge in [0.25, 0.3) is 6.43 Å². The third-order valence-electron chi connectivity index (χ3n) is 2.56. The van der Waals surface area contributed by atoms with Crippen molar-refractivity contribution in [1.29, 1.82) is 0 Å². The van der Waals surface area contributed by atoms with Crippen LogP contribution >= 0.6 is 0 Å². The number of ether oxygens (including phenoxy) is 1. The molecule has 0 aromatic carbocycles. The van der Waals surface area contributed by atoms with E-state index in [9.17, 15) is 8.78 Å². The summed E-state index contributed by atoms with van der Waals surface area (Å²) >= 11 is 0. The fourth-order valence-electron chi connectivity index (χ4n) is 1.81. The Morgan fingerprint density at radius 3 is 2.38 bits per heavy atom. The predicted molar refractivity (Wildman–Crippen MR) is 46.8 cm³/mol. The van der Waals surface area contributed by atoms with E-state index in [4.69, 9.17) is 10.5 Å². The second-order valence-electron chi connectivity index (χ2n) is 3.64. The predicted octanol–water partition coefficient (Wildman–Crippen LogP) is 1.79. The molecule has 0 heterocycles. The van der Waals surface area contributed by atoms with Crippen LogP contribution < -0.4 is 5.73 Å². The molecule has 13 heavy (non-hydrogen) atoms. The Balaban J connectivity index is 2.06. The van der Waals surface area contributed by atoms with E-state index in [-0.39, 0.29) is 12.6 Å². The summed E-state index contributed by atoms with van der Waals surface area (Å²) in [5.41, 5.74) is 5.80. The van der Waals surface area contributed by atoms with E-state index in [1.165, 1.54) is 12.8 Å². The molecule has 1 unspecified atom stereocenters. The summed E-state index contributed by atoms with van der Waals surface area (Å²) in [4.78, 5) is 0. The lowest BCUT2D eigenvalue weighted by Crippen LogP contribution is -2.34. The highest BCUT2D eigenvalue weighted by atomic mass is 19.3. The van der Waals surface area contributed by atoms with Crippen LogP contribution in [0.25, 0.3) is 0 Å². The maximum atomic E-state index is 11.7. The summed E-state index contributed by atoms with van der Waals surface area (Å²) in [6.45, 7) is -0.213. The molecule has 1 atom stereocenters. The van der Waals surface area contributed by atoms with E-state index in [0.717, 1.165) is 12.8 Å². The maximum absolute atomic E-state index is 11.7. The van der Waals surface area contributed by atoms with E-state index in [1.54, 1.807) is 0 Å². The van der Waals surface area contributed by atoms with Crippen LogP contribution in [0.15, 0.2) is 0 Å². The van der Waals surface area contributed by atoms with Crippen molar-refractivity contribution in [2.24, 2.45) is 11.7 Å². The zero-order valence-corrected chi connectivity index (χ0v) is 7.72. The Hall–Kier alpha value is -0.220. The molecule has 78 valence electrons. The summed E-state index contributed by atoms with van der Waals surface area (Å²) in [5, 5.41) is 0. The first-order valence-electron chi connectivity index (χ1n) is 4.81. The zero-order chi connectivity index (χ0) is 9.68. The van der Waals surface area contributed by atoms with Gasteiger partial charge in [0.05, 0.1) is 6.61 Å². The fraction of sp³-hybridized carbons (Fsp3) is 1.00. The molecule has 1 fully saturated rings. The van der Waals surface area contributed by atoms with Crippen molar-refractivity contribution in [2.45, 2.75) is 38.2 Å². The average molecular weight is 193 g/mol. The van der Waals surface area contributed by atoms with Crippen LogP contribution in [0.4, 0.5) is 8.78 Å². The molecule has 1 saturated carbocycles. The molecule has 0 amide bonds. The van der Waals surface area contributed by atoms with Gasteiger partial charge in [-0.1, -0.05) is 12.8 Å². The van der Waals surface area contributed by atoms with Gasteiger partial charge in [-0.2, -0.15) is 0 Å². The lowest BCUT2D eigenvalue weighted by atomic mass is 10.00. The maximum Gasteiger partial charge on any atom is 0.261 e. The standard InChI is InChI=1S/C9H17F2NO/c10-9(11)6-13-5-8(12)7-3-1-2-4-7/h7-9H,1-6,12H2. The lowest BCUT2D eigenvalue weighted by Gasteiger charge is -2.18. The van der Waals surface area contributed by atoms with Gasteiger partial charge in [-0.15, -0.1) is 0 Å². The average Bonchev–Trinajstić information content (AvgIpc) is 2.55. The van der Waals surface area contributed by atoms with Crippen LogP contribution in [-0.4, -0.2) is 25.7 Å². The van der Waals surface area contributed by atoms with Crippen LogP contribution in [0, 0.1) is 5.92 Å². The van der Waals surface area contributed by atoms with Crippen LogP contribution in [0.2, 0.25) is 0 Å². The highest BCUT2D eigenvalue weighted by Crippen LogP contribution is 2.26. The SMILES string of the molecule is NC(COCC(F)F)C1CCCC1. The van der Waals surface area contributed by atoms with Crippen molar-refractivity contribution in [2.75, 3.05) is 13.2 Å². The van der Waals surface area contributed by atoms with Crippen LogP contribution in [0.3, 0.4) is 0 Å². The molecule has 0 spiro atoms. The van der Waals surface area contributed by atoms with E-state index in [2.05, 4.69) is 0 Å². The van der Waals surface area contributed by atoms with Gasteiger partial charge < -0.3 is 10.5 Å². The molecule has 0 aromatic heterocycles. The fourth-order valence-corrected chi connectivity index (χ4v) is 1.81. The number of nitrogens with two attached hydrogens (primary N) is 1. The molecule has 0 radical (unpaired) electrons. The minimum atomic E-state index is -2.38. The molecule has 2 N–H and O–H groups in total. The van der Waals surface area contributed by atoms with E-state index >= 15 is 0 Å². The van der Waals surface area contributed by atoms with Crippen molar-refractivity contribution in [3.8, 4) is 0 Å². The third-order valence-corrected chi connectivity index (χ3v) is 2.56. The molecule has 0 aliphatic heterocycles. The summed E-state index contributed by atoms with van der Waals surface area (Å²) in [6, 6.07) is -0.0544. The monoisotopic (exact) mass is 193 g/mol. The van der Waals surface area contributed by atoms with Crippen molar-refractivity contribution >= 4 is 0 Å². The minimum absolute atomic E-state index is 0.0544. The Morgan fingerprint density at radius 2 is 1.85 bits per heavy atom. The van der Waals surface area contributed by atoms with Crippen LogP contribution in [-0.2, 0) is 4.74 Å². The Bertz CT molecular complexity index is 138. The Morgan fingerprint density at radius 1 is 1.23 bits per heavy atom. The zero-order valence-electron chi connectivity index (χ0n) is 7.72. The van der Waals surface area contributed by atoms with Gasteiger partial charge in [-0.3, -0.25) is 0 Å². The minimum Gasteiger partial charge on any atom is -0.374 e. The molecule has 4 heteroatoms. The normalized spacial score (nSPS) is 21.2. The van der Waals surface area contributed by atoms with Gasteiger partial charge >= 0.3 is 0 Å². The number of rotatable bonds is 5. The first-order valence-corrected chi connectivity index (χ1v) is 4.81. The highest BCUT2D eigenvalue weighted by Gasteiger charge is 2.22. The second kappa shape index (κ2) is 5.50. The summed E-state index contributed by atoms with van der Waals surface area (Å²) in [5.74, 6) is 0.484. The molecular formula is C9H17F2NO. The van der Waals surface area contributed by atoms with Gasteiger partial charge in [-0.05, 0) is 18.8 Å². The van der Waals surface area contributed by atoms with Crippen molar-refractivity contribution < 1.29 is 13.5 Å². The molecule has 1 rings (SSSR count). The van der Waals surface area contributed by atoms with Gasteiger partial charge in [0.2, 0.25) is 0 Å². The Kier molecular flexibility index (Phi) is 4.59. The number of alkyl halides is 2. The molecule has 1 aliphatic rings. The molecule has 1 aliphatic carbocycles. The van der Waals surface area contributed by atoms with Crippen LogP contribution in [0.1, 0.15) is 25.7 Å². The first-order chi connectivity index (χ1) is 6.20. The van der Waals surface area contributed by atoms with E-state index in [1.807, 2.05) is 0 Å². The van der Waals surface area contributed by atoms with Gasteiger partial charge in [-0.25, -0.2) is 8.78 Å². The highest BCUT2D eigenvalue weighted by molar-refractivity contribution is 4.77. The van der Waals surface area contributed by atoms with Gasteiger partial charge in [0.15, 0.2) is 0 Å². The second-order valence-corrected chi connectivity index (χ2v) is 3.64. The van der Waals surface area contributed by atoms with E-state index in [0.29, 0.717) is 5.92 Å². The quantitative estimate of drug-likeness (QED) is 0.722. The summed E-state index contributed by atoms with van der Waals surface area (Å²) < 4.78 is 28.2. The van der Waals surface area contributed by atoms with Gasteiger partial charge in [0.1, 0.15) is 6.61 Å². The smallest absolute Gasteiger partial charge is 0.261 e. The molecule has 2 nitrogen and oxygen atoms in total. The van der Waals surface area contributed by atoms with Crippen molar-refractivity contribution in [1.82, 2.24) is 0 Å². The first kappa shape index (κ1) is 10.9. The van der Waals surface area contributed by atoms with Crippen LogP contribution in [0.5, 0.6) is 0 Å². The Labute approximate surface area is 77.4 Å². The summed E-state index contributed by atoms with van der Waals surface area (Å²) in [7, 11) is 0. The van der Waals surface area contributed by atoms with Crippen molar-refractivity contribution in [3.63, 3.8) is 0 Å². The number of hydrogen-bond acceptors (Lipinski definition) is 2. The molecular weight excluding hydrogens is 176 g/mol. The number of hydrogen-bond donors (Lipinski definition) is 1. The largest absolute Gasteiger partial charge is 0.374 e. The lowest BCUT2D eigenvalue weighted by molar-refractivity contribution is 0.00792. The number of halogens is 2. The van der Waals surface area contributed by atoms with Crippen molar-refractivity contribution in [3.05, 3.63) is 0 Å². The topological polar surface area (TPSA) is 35.2 Å². The van der Waals surface area contributed by atoms with Gasteiger partial charge in [0, 0.05) is 6.04 Å². The third kappa shape index (κ3) is 4.00. The molecule has 0 saturated heterocycles. The molecule has 0 aromatic rings. The molecule has 0 bridgehead atoms. The summed E-state index contributed by atoms with van der Waals surface area (Å²) in [6.07, 6.45) is 2.30.